The van der Waals surface area contributed by atoms with Crippen LogP contribution < -0.4 is 5.32 Å². The van der Waals surface area contributed by atoms with E-state index in [1.165, 1.54) is 0 Å². The van der Waals surface area contributed by atoms with E-state index in [0.29, 0.717) is 22.3 Å². The number of carbonyl (C=O) groups excluding carboxylic acids is 1. The number of halogens is 2. The first-order valence-electron chi connectivity index (χ1n) is 5.36. The van der Waals surface area contributed by atoms with Crippen molar-refractivity contribution in [3.05, 3.63) is 45.1 Å². The molecular formula is C13H12Cl2N2OS. The number of benzene rings is 1. The minimum absolute atomic E-state index is 0.132. The number of nitriles is 1. The first-order valence-corrected chi connectivity index (χ1v) is 7.34. The Morgan fingerprint density at radius 1 is 1.42 bits per heavy atom. The van der Waals surface area contributed by atoms with E-state index in [9.17, 15) is 4.79 Å². The quantitative estimate of drug-likeness (QED) is 0.679. The summed E-state index contributed by atoms with van der Waals surface area (Å²) in [7, 11) is 0. The molecule has 0 bridgehead atoms. The van der Waals surface area contributed by atoms with E-state index in [2.05, 4.69) is 5.32 Å². The molecule has 0 aliphatic carbocycles. The fourth-order valence-corrected chi connectivity index (χ4v) is 2.08. The Bertz CT molecular complexity index is 564. The maximum absolute atomic E-state index is 11.5. The molecule has 1 rings (SSSR count). The number of allylic oxidation sites excluding steroid dienone is 1. The van der Waals surface area contributed by atoms with Crippen LogP contribution in [-0.2, 0) is 11.3 Å². The van der Waals surface area contributed by atoms with E-state index < -0.39 is 0 Å². The third-order valence-corrected chi connectivity index (χ3v) is 3.73. The van der Waals surface area contributed by atoms with E-state index in [-0.39, 0.29) is 10.7 Å². The summed E-state index contributed by atoms with van der Waals surface area (Å²) in [5.74, 6) is 0. The minimum atomic E-state index is -0.248. The summed E-state index contributed by atoms with van der Waals surface area (Å²) in [5, 5.41) is 12.7. The smallest absolute Gasteiger partial charge is 0.231 e. The van der Waals surface area contributed by atoms with Crippen LogP contribution in [0.25, 0.3) is 0 Å². The third-order valence-electron chi connectivity index (χ3n) is 2.42. The average molecular weight is 315 g/mol. The molecule has 0 saturated carbocycles. The molecule has 100 valence electrons. The molecule has 19 heavy (non-hydrogen) atoms. The van der Waals surface area contributed by atoms with Crippen LogP contribution in [0.1, 0.15) is 12.5 Å². The summed E-state index contributed by atoms with van der Waals surface area (Å²) in [5.41, 5.74) is 1.60. The van der Waals surface area contributed by atoms with Crippen LogP contribution >= 0.6 is 35.0 Å². The van der Waals surface area contributed by atoms with Gasteiger partial charge >= 0.3 is 0 Å². The van der Waals surface area contributed by atoms with Gasteiger partial charge in [0.2, 0.25) is 5.12 Å². The minimum Gasteiger partial charge on any atom is -0.383 e. The second kappa shape index (κ2) is 7.44. The summed E-state index contributed by atoms with van der Waals surface area (Å²) in [6.45, 7) is 2.17. The molecule has 0 saturated heterocycles. The molecule has 0 atom stereocenters. The highest BCUT2D eigenvalue weighted by atomic mass is 35.5. The number of thioether (sulfide) groups is 1. The molecule has 0 fully saturated rings. The monoisotopic (exact) mass is 314 g/mol. The Balaban J connectivity index is 2.80. The lowest BCUT2D eigenvalue weighted by Gasteiger charge is -2.09. The van der Waals surface area contributed by atoms with Crippen LogP contribution in [0.4, 0.5) is 0 Å². The molecule has 1 N–H and O–H groups in total. The highest BCUT2D eigenvalue weighted by molar-refractivity contribution is 8.13. The van der Waals surface area contributed by atoms with Gasteiger partial charge in [-0.25, -0.2) is 0 Å². The zero-order valence-corrected chi connectivity index (χ0v) is 12.8. The molecule has 0 aliphatic heterocycles. The van der Waals surface area contributed by atoms with Crippen molar-refractivity contribution in [3.8, 4) is 6.07 Å². The first kappa shape index (κ1) is 15.9. The standard InChI is InChI=1S/C13H12Cl2N2OS/c1-8(10(6-16)13(18)19-2)17-7-9-3-4-11(14)12(15)5-9/h3-5,17H,7H2,1-2H3. The van der Waals surface area contributed by atoms with Crippen molar-refractivity contribution in [1.29, 1.82) is 5.26 Å². The molecule has 3 nitrogen and oxygen atoms in total. The lowest BCUT2D eigenvalue weighted by molar-refractivity contribution is -0.107. The normalized spacial score (nSPS) is 11.5. The van der Waals surface area contributed by atoms with Crippen LogP contribution in [0.15, 0.2) is 29.5 Å². The molecule has 1 aromatic rings. The second-order valence-corrected chi connectivity index (χ2v) is 5.30. The zero-order chi connectivity index (χ0) is 14.4. The van der Waals surface area contributed by atoms with Crippen LogP contribution in [-0.4, -0.2) is 11.4 Å². The van der Waals surface area contributed by atoms with E-state index in [1.807, 2.05) is 12.1 Å². The summed E-state index contributed by atoms with van der Waals surface area (Å²) in [4.78, 5) is 11.5. The van der Waals surface area contributed by atoms with Crippen LogP contribution in [0.5, 0.6) is 0 Å². The zero-order valence-electron chi connectivity index (χ0n) is 10.5. The van der Waals surface area contributed by atoms with Crippen molar-refractivity contribution < 1.29 is 4.79 Å². The van der Waals surface area contributed by atoms with Crippen molar-refractivity contribution in [2.45, 2.75) is 13.5 Å². The van der Waals surface area contributed by atoms with Gasteiger partial charge in [0.1, 0.15) is 11.6 Å². The molecule has 0 heterocycles. The van der Waals surface area contributed by atoms with Crippen molar-refractivity contribution in [3.63, 3.8) is 0 Å². The molecule has 0 amide bonds. The topological polar surface area (TPSA) is 52.9 Å². The van der Waals surface area contributed by atoms with Gasteiger partial charge in [0.25, 0.3) is 0 Å². The Labute approximate surface area is 126 Å². The lowest BCUT2D eigenvalue weighted by Crippen LogP contribution is -2.14. The van der Waals surface area contributed by atoms with E-state index in [1.54, 1.807) is 25.3 Å². The maximum atomic E-state index is 11.5. The predicted molar refractivity (Wildman–Crippen MR) is 80.1 cm³/mol. The van der Waals surface area contributed by atoms with E-state index in [0.717, 1.165) is 17.3 Å². The first-order chi connectivity index (χ1) is 8.99. The molecule has 0 unspecified atom stereocenters. The third kappa shape index (κ3) is 4.46. The highest BCUT2D eigenvalue weighted by Crippen LogP contribution is 2.22. The molecule has 6 heteroatoms. The van der Waals surface area contributed by atoms with Gasteiger partial charge in [-0.3, -0.25) is 4.79 Å². The number of hydrogen-bond acceptors (Lipinski definition) is 4. The summed E-state index contributed by atoms with van der Waals surface area (Å²) < 4.78 is 0. The van der Waals surface area contributed by atoms with Crippen molar-refractivity contribution in [2.24, 2.45) is 0 Å². The van der Waals surface area contributed by atoms with Crippen molar-refractivity contribution >= 4 is 40.1 Å². The molecule has 0 spiro atoms. The van der Waals surface area contributed by atoms with Gasteiger partial charge in [-0.2, -0.15) is 5.26 Å². The Hall–Kier alpha value is -1.15. The summed E-state index contributed by atoms with van der Waals surface area (Å²) >= 11 is 12.7. The number of nitrogens with one attached hydrogen (secondary N) is 1. The van der Waals surface area contributed by atoms with Gasteiger partial charge < -0.3 is 5.32 Å². The Morgan fingerprint density at radius 3 is 2.63 bits per heavy atom. The van der Waals surface area contributed by atoms with Crippen molar-refractivity contribution in [2.75, 3.05) is 6.26 Å². The van der Waals surface area contributed by atoms with Crippen LogP contribution in [0.2, 0.25) is 10.0 Å². The lowest BCUT2D eigenvalue weighted by atomic mass is 10.2. The van der Waals surface area contributed by atoms with E-state index >= 15 is 0 Å². The van der Waals surface area contributed by atoms with Gasteiger partial charge in [0, 0.05) is 12.2 Å². The highest BCUT2D eigenvalue weighted by Gasteiger charge is 2.11. The molecular weight excluding hydrogens is 303 g/mol. The second-order valence-electron chi connectivity index (χ2n) is 3.71. The number of hydrogen-bond donors (Lipinski definition) is 1. The maximum Gasteiger partial charge on any atom is 0.231 e. The molecule has 0 aromatic heterocycles. The average Bonchev–Trinajstić information content (AvgIpc) is 2.40. The number of carbonyl (C=O) groups is 1. The van der Waals surface area contributed by atoms with Gasteiger partial charge in [-0.05, 0) is 30.9 Å². The predicted octanol–water partition coefficient (Wildman–Crippen LogP) is 3.77. The van der Waals surface area contributed by atoms with Crippen LogP contribution in [0, 0.1) is 11.3 Å². The van der Waals surface area contributed by atoms with Gasteiger partial charge in [-0.1, -0.05) is 41.0 Å². The fourth-order valence-electron chi connectivity index (χ4n) is 1.36. The van der Waals surface area contributed by atoms with Gasteiger partial charge in [0.15, 0.2) is 0 Å². The van der Waals surface area contributed by atoms with Crippen LogP contribution in [0.3, 0.4) is 0 Å². The summed E-state index contributed by atoms with van der Waals surface area (Å²) in [6, 6.07) is 7.19. The fraction of sp³-hybridized carbons (Fsp3) is 0.231. The van der Waals surface area contributed by atoms with E-state index in [4.69, 9.17) is 28.5 Å². The molecule has 0 radical (unpaired) electrons. The Kier molecular flexibility index (Phi) is 6.23. The van der Waals surface area contributed by atoms with Gasteiger partial charge in [-0.15, -0.1) is 0 Å². The summed E-state index contributed by atoms with van der Waals surface area (Å²) in [6.07, 6.45) is 1.64. The largest absolute Gasteiger partial charge is 0.383 e. The SMILES string of the molecule is CSC(=O)C(C#N)=C(C)NCc1ccc(Cl)c(Cl)c1. The number of rotatable bonds is 4. The van der Waals surface area contributed by atoms with Crippen molar-refractivity contribution in [1.82, 2.24) is 5.32 Å². The molecule has 0 aliphatic rings. The molecule has 1 aromatic carbocycles. The van der Waals surface area contributed by atoms with Gasteiger partial charge in [0.05, 0.1) is 10.0 Å². The Morgan fingerprint density at radius 2 is 2.11 bits per heavy atom. The number of nitrogens with zero attached hydrogens (tertiary/aromatic N) is 1.